The summed E-state index contributed by atoms with van der Waals surface area (Å²) >= 11 is 0. The maximum atomic E-state index is 12.4. The van der Waals surface area contributed by atoms with Gasteiger partial charge in [-0.2, -0.15) is 0 Å². The summed E-state index contributed by atoms with van der Waals surface area (Å²) in [5.74, 6) is 2.86. The van der Waals surface area contributed by atoms with Crippen molar-refractivity contribution in [2.24, 2.45) is 34.0 Å². The van der Waals surface area contributed by atoms with Crippen LogP contribution < -0.4 is 0 Å². The van der Waals surface area contributed by atoms with E-state index in [-0.39, 0.29) is 5.41 Å². The molecule has 0 heterocycles. The van der Waals surface area contributed by atoms with E-state index in [9.17, 15) is 4.79 Å². The Morgan fingerprint density at radius 2 is 1.68 bits per heavy atom. The highest BCUT2D eigenvalue weighted by molar-refractivity contribution is 5.87. The minimum atomic E-state index is 0.0246. The number of hydrogen-bond donors (Lipinski definition) is 0. The first kappa shape index (κ1) is 15.0. The van der Waals surface area contributed by atoms with E-state index >= 15 is 0 Å². The maximum absolute atomic E-state index is 12.4. The molecule has 0 amide bonds. The molecule has 0 aliphatic heterocycles. The number of ketones is 1. The zero-order chi connectivity index (χ0) is 15.8. The molecule has 0 unspecified atom stereocenters. The van der Waals surface area contributed by atoms with Crippen LogP contribution in [0.25, 0.3) is 0 Å². The maximum Gasteiger partial charge on any atom is 0.139 e. The van der Waals surface area contributed by atoms with E-state index in [1.807, 2.05) is 0 Å². The molecule has 3 saturated carbocycles. The smallest absolute Gasteiger partial charge is 0.139 e. The molecule has 122 valence electrons. The molecule has 0 aromatic heterocycles. The van der Waals surface area contributed by atoms with Crippen molar-refractivity contribution in [1.82, 2.24) is 0 Å². The molecule has 4 aliphatic carbocycles. The van der Waals surface area contributed by atoms with Gasteiger partial charge in [-0.3, -0.25) is 4.79 Å². The third-order valence-corrected chi connectivity index (χ3v) is 8.32. The molecule has 4 rings (SSSR count). The van der Waals surface area contributed by atoms with Gasteiger partial charge in [0, 0.05) is 11.8 Å². The van der Waals surface area contributed by atoms with Gasteiger partial charge in [0.1, 0.15) is 5.78 Å². The Balaban J connectivity index is 1.69. The van der Waals surface area contributed by atoms with Crippen molar-refractivity contribution in [3.63, 3.8) is 0 Å². The average molecular weight is 300 g/mol. The van der Waals surface area contributed by atoms with E-state index in [0.29, 0.717) is 22.5 Å². The first-order chi connectivity index (χ1) is 10.3. The zero-order valence-electron chi connectivity index (χ0n) is 14.9. The monoisotopic (exact) mass is 300 g/mol. The molecule has 5 atom stereocenters. The minimum absolute atomic E-state index is 0.0246. The lowest BCUT2D eigenvalue weighted by molar-refractivity contribution is -0.132. The molecule has 3 fully saturated rings. The molecule has 1 heteroatoms. The third kappa shape index (κ3) is 1.86. The van der Waals surface area contributed by atoms with Crippen molar-refractivity contribution in [2.45, 2.75) is 79.1 Å². The van der Waals surface area contributed by atoms with Gasteiger partial charge in [0.15, 0.2) is 0 Å². The van der Waals surface area contributed by atoms with Crippen molar-refractivity contribution in [1.29, 1.82) is 0 Å². The van der Waals surface area contributed by atoms with Gasteiger partial charge in [-0.25, -0.2) is 0 Å². The van der Waals surface area contributed by atoms with Crippen molar-refractivity contribution >= 4 is 5.78 Å². The Kier molecular flexibility index (Phi) is 3.05. The van der Waals surface area contributed by atoms with Gasteiger partial charge < -0.3 is 0 Å². The quantitative estimate of drug-likeness (QED) is 0.536. The lowest BCUT2D eigenvalue weighted by Crippen LogP contribution is -2.50. The average Bonchev–Trinajstić information content (AvgIpc) is 2.76. The normalized spacial score (nSPS) is 49.9. The van der Waals surface area contributed by atoms with Crippen LogP contribution in [0.5, 0.6) is 0 Å². The van der Waals surface area contributed by atoms with Crippen molar-refractivity contribution in [2.75, 3.05) is 0 Å². The van der Waals surface area contributed by atoms with Gasteiger partial charge in [0.2, 0.25) is 0 Å². The van der Waals surface area contributed by atoms with Gasteiger partial charge in [-0.1, -0.05) is 39.3 Å². The Bertz CT molecular complexity index is 542. The Hall–Kier alpha value is -0.590. The fraction of sp³-hybridized carbons (Fsp3) is 0.857. The molecule has 1 nitrogen and oxygen atoms in total. The molecule has 0 aromatic rings. The van der Waals surface area contributed by atoms with E-state index in [4.69, 9.17) is 0 Å². The largest absolute Gasteiger partial charge is 0.299 e. The lowest BCUT2D eigenvalue weighted by Gasteiger charge is -2.58. The van der Waals surface area contributed by atoms with Crippen LogP contribution in [-0.2, 0) is 4.79 Å². The van der Waals surface area contributed by atoms with Gasteiger partial charge in [0.05, 0.1) is 0 Å². The number of fused-ring (bicyclic) bond motifs is 5. The van der Waals surface area contributed by atoms with E-state index in [2.05, 4.69) is 33.8 Å². The summed E-state index contributed by atoms with van der Waals surface area (Å²) in [5.41, 5.74) is 2.71. The van der Waals surface area contributed by atoms with E-state index in [1.54, 1.807) is 5.57 Å². The molecule has 22 heavy (non-hydrogen) atoms. The topological polar surface area (TPSA) is 17.1 Å². The highest BCUT2D eigenvalue weighted by Gasteiger charge is 2.58. The molecular weight excluding hydrogens is 268 g/mol. The summed E-state index contributed by atoms with van der Waals surface area (Å²) in [6.45, 7) is 9.72. The fourth-order valence-electron chi connectivity index (χ4n) is 6.75. The van der Waals surface area contributed by atoms with Gasteiger partial charge in [-0.05, 0) is 73.5 Å². The minimum Gasteiger partial charge on any atom is -0.299 e. The summed E-state index contributed by atoms with van der Waals surface area (Å²) < 4.78 is 0. The van der Waals surface area contributed by atoms with E-state index in [0.717, 1.165) is 24.7 Å². The summed E-state index contributed by atoms with van der Waals surface area (Å²) in [7, 11) is 0. The van der Waals surface area contributed by atoms with Crippen LogP contribution in [0.4, 0.5) is 0 Å². The van der Waals surface area contributed by atoms with Crippen LogP contribution in [0.1, 0.15) is 79.1 Å². The molecule has 0 radical (unpaired) electrons. The highest BCUT2D eigenvalue weighted by Crippen LogP contribution is 2.65. The van der Waals surface area contributed by atoms with Gasteiger partial charge in [0.25, 0.3) is 0 Å². The standard InChI is InChI=1S/C21H32O/c1-19(2)11-12-20(3)14(13-19)5-6-15-16-7-8-18(22)21(16,4)10-9-17(15)20/h5,15-17H,6-13H2,1-4H3/t15-,16-,17-,20-,21-/m0/s1. The van der Waals surface area contributed by atoms with Crippen LogP contribution in [0.3, 0.4) is 0 Å². The van der Waals surface area contributed by atoms with Gasteiger partial charge >= 0.3 is 0 Å². The van der Waals surface area contributed by atoms with E-state index < -0.39 is 0 Å². The number of rotatable bonds is 0. The molecular formula is C21H32O. The Morgan fingerprint density at radius 1 is 0.955 bits per heavy atom. The van der Waals surface area contributed by atoms with Crippen LogP contribution in [0.15, 0.2) is 11.6 Å². The number of carbonyl (C=O) groups is 1. The number of hydrogen-bond acceptors (Lipinski definition) is 1. The van der Waals surface area contributed by atoms with Crippen LogP contribution in [0.2, 0.25) is 0 Å². The zero-order valence-corrected chi connectivity index (χ0v) is 14.9. The fourth-order valence-corrected chi connectivity index (χ4v) is 6.75. The molecule has 0 aromatic carbocycles. The second-order valence-electron chi connectivity index (χ2n) is 10.0. The molecule has 0 bridgehead atoms. The number of Topliss-reactive ketones (excluding diaryl/α,β-unsaturated/α-hetero) is 1. The van der Waals surface area contributed by atoms with Crippen LogP contribution >= 0.6 is 0 Å². The number of allylic oxidation sites excluding steroid dienone is 2. The van der Waals surface area contributed by atoms with Crippen molar-refractivity contribution in [3.05, 3.63) is 11.6 Å². The first-order valence-electron chi connectivity index (χ1n) is 9.49. The van der Waals surface area contributed by atoms with Gasteiger partial charge in [-0.15, -0.1) is 0 Å². The first-order valence-corrected chi connectivity index (χ1v) is 9.49. The Labute approximate surface area is 135 Å². The summed E-state index contributed by atoms with van der Waals surface area (Å²) in [4.78, 5) is 12.4. The molecule has 4 aliphatic rings. The van der Waals surface area contributed by atoms with Crippen molar-refractivity contribution < 1.29 is 4.79 Å². The second-order valence-corrected chi connectivity index (χ2v) is 10.0. The van der Waals surface area contributed by atoms with Crippen LogP contribution in [-0.4, -0.2) is 5.78 Å². The summed E-state index contributed by atoms with van der Waals surface area (Å²) in [6, 6.07) is 0. The number of carbonyl (C=O) groups excluding carboxylic acids is 1. The third-order valence-electron chi connectivity index (χ3n) is 8.32. The van der Waals surface area contributed by atoms with Crippen molar-refractivity contribution in [3.8, 4) is 0 Å². The summed E-state index contributed by atoms with van der Waals surface area (Å²) in [5, 5.41) is 0. The SMILES string of the molecule is CC1(C)CC[C@@]2(C)C(=CC[C@@H]3[C@@H]2CC[C@]2(C)C(=O)CC[C@@H]32)C1. The Morgan fingerprint density at radius 3 is 2.45 bits per heavy atom. The molecule has 0 saturated heterocycles. The summed E-state index contributed by atoms with van der Waals surface area (Å²) in [6.07, 6.45) is 12.4. The van der Waals surface area contributed by atoms with E-state index in [1.165, 1.54) is 38.5 Å². The predicted molar refractivity (Wildman–Crippen MR) is 90.5 cm³/mol. The second kappa shape index (κ2) is 4.48. The predicted octanol–water partition coefficient (Wildman–Crippen LogP) is 5.54. The molecule has 0 spiro atoms. The molecule has 0 N–H and O–H groups in total. The lowest BCUT2D eigenvalue weighted by atomic mass is 9.46. The highest BCUT2D eigenvalue weighted by atomic mass is 16.1. The van der Waals surface area contributed by atoms with Crippen LogP contribution in [0, 0.1) is 34.0 Å².